The second-order valence-electron chi connectivity index (χ2n) is 3.16. The monoisotopic (exact) mass is 229 g/mol. The summed E-state index contributed by atoms with van der Waals surface area (Å²) >= 11 is 0. The third-order valence-electron chi connectivity index (χ3n) is 2.12. The Morgan fingerprint density at radius 1 is 1.50 bits per heavy atom. The minimum Gasteiger partial charge on any atom is -0.467 e. The first-order chi connectivity index (χ1) is 7.49. The number of anilines is 1. The minimum atomic E-state index is -1.85. The summed E-state index contributed by atoms with van der Waals surface area (Å²) in [5.74, 6) is -1.91. The van der Waals surface area contributed by atoms with Gasteiger partial charge in [0.25, 0.3) is 0 Å². The number of hydrogen-bond acceptors (Lipinski definition) is 5. The van der Waals surface area contributed by atoms with Crippen LogP contribution < -0.4 is 5.73 Å². The number of carbonyl (C=O) groups excluding carboxylic acids is 1. The molecule has 0 amide bonds. The summed E-state index contributed by atoms with van der Waals surface area (Å²) in [5, 5.41) is 18.9. The number of nitrogens with two attached hydrogens (primary N) is 1. The number of aliphatic hydroxyl groups is 2. The largest absolute Gasteiger partial charge is 0.467 e. The first kappa shape index (κ1) is 12.4. The zero-order valence-corrected chi connectivity index (χ0v) is 8.55. The van der Waals surface area contributed by atoms with Crippen LogP contribution >= 0.6 is 0 Å². The van der Waals surface area contributed by atoms with Gasteiger partial charge in [0, 0.05) is 5.56 Å². The normalized spacial score (nSPS) is 14.2. The highest BCUT2D eigenvalue weighted by atomic mass is 19.1. The van der Waals surface area contributed by atoms with Crippen LogP contribution in [0, 0.1) is 5.82 Å². The van der Waals surface area contributed by atoms with Gasteiger partial charge >= 0.3 is 5.97 Å². The van der Waals surface area contributed by atoms with E-state index in [0.717, 1.165) is 7.11 Å². The average Bonchev–Trinajstić information content (AvgIpc) is 2.29. The van der Waals surface area contributed by atoms with Crippen molar-refractivity contribution in [3.05, 3.63) is 29.6 Å². The zero-order chi connectivity index (χ0) is 12.3. The molecule has 1 aromatic carbocycles. The van der Waals surface area contributed by atoms with Crippen molar-refractivity contribution in [3.8, 4) is 0 Å². The number of carbonyl (C=O) groups is 1. The van der Waals surface area contributed by atoms with Gasteiger partial charge in [-0.3, -0.25) is 0 Å². The molecule has 0 aliphatic heterocycles. The van der Waals surface area contributed by atoms with Gasteiger partial charge in [0.05, 0.1) is 12.8 Å². The molecule has 5 nitrogen and oxygen atoms in total. The Bertz CT molecular complexity index is 396. The second kappa shape index (κ2) is 4.91. The van der Waals surface area contributed by atoms with Crippen LogP contribution in [0.3, 0.4) is 0 Å². The summed E-state index contributed by atoms with van der Waals surface area (Å²) in [4.78, 5) is 10.9. The summed E-state index contributed by atoms with van der Waals surface area (Å²) in [6.07, 6.45) is -3.56. The van der Waals surface area contributed by atoms with Crippen LogP contribution in [0.1, 0.15) is 11.7 Å². The molecule has 0 aliphatic rings. The van der Waals surface area contributed by atoms with E-state index in [9.17, 15) is 19.4 Å². The molecule has 0 fully saturated rings. The highest BCUT2D eigenvalue weighted by Crippen LogP contribution is 2.24. The fourth-order valence-corrected chi connectivity index (χ4v) is 1.22. The Labute approximate surface area is 91.3 Å². The molecule has 2 unspecified atom stereocenters. The van der Waals surface area contributed by atoms with Crippen molar-refractivity contribution in [3.63, 3.8) is 0 Å². The molecule has 0 saturated carbocycles. The smallest absolute Gasteiger partial charge is 0.337 e. The van der Waals surface area contributed by atoms with Gasteiger partial charge in [-0.05, 0) is 6.07 Å². The highest BCUT2D eigenvalue weighted by Gasteiger charge is 2.28. The Morgan fingerprint density at radius 3 is 2.69 bits per heavy atom. The maximum absolute atomic E-state index is 13.4. The molecule has 2 atom stereocenters. The maximum Gasteiger partial charge on any atom is 0.337 e. The predicted octanol–water partition coefficient (Wildman–Crippen LogP) is -0.0248. The molecular formula is C10H12FNO4. The first-order valence-electron chi connectivity index (χ1n) is 4.47. The summed E-state index contributed by atoms with van der Waals surface area (Å²) < 4.78 is 17.7. The number of aliphatic hydroxyl groups excluding tert-OH is 2. The lowest BCUT2D eigenvalue weighted by Crippen LogP contribution is -2.29. The molecular weight excluding hydrogens is 217 g/mol. The van der Waals surface area contributed by atoms with Crippen LogP contribution in [-0.4, -0.2) is 29.4 Å². The molecule has 88 valence electrons. The Morgan fingerprint density at radius 2 is 2.12 bits per heavy atom. The maximum atomic E-state index is 13.4. The van der Waals surface area contributed by atoms with Crippen LogP contribution in [0.5, 0.6) is 0 Å². The van der Waals surface area contributed by atoms with E-state index in [2.05, 4.69) is 4.74 Å². The van der Waals surface area contributed by atoms with Gasteiger partial charge in [0.15, 0.2) is 11.9 Å². The number of rotatable bonds is 3. The van der Waals surface area contributed by atoms with Crippen LogP contribution in [0.4, 0.5) is 10.1 Å². The van der Waals surface area contributed by atoms with E-state index in [-0.39, 0.29) is 11.3 Å². The van der Waals surface area contributed by atoms with E-state index in [1.807, 2.05) is 0 Å². The van der Waals surface area contributed by atoms with Gasteiger partial charge in [-0.2, -0.15) is 0 Å². The van der Waals surface area contributed by atoms with E-state index in [4.69, 9.17) is 5.73 Å². The molecule has 0 aliphatic carbocycles. The number of benzene rings is 1. The van der Waals surface area contributed by atoms with Gasteiger partial charge in [-0.1, -0.05) is 12.1 Å². The van der Waals surface area contributed by atoms with Crippen LogP contribution in [-0.2, 0) is 9.53 Å². The van der Waals surface area contributed by atoms with Gasteiger partial charge in [-0.15, -0.1) is 0 Å². The number of esters is 1. The lowest BCUT2D eigenvalue weighted by Gasteiger charge is -2.17. The molecule has 16 heavy (non-hydrogen) atoms. The summed E-state index contributed by atoms with van der Waals surface area (Å²) in [5.41, 5.74) is 4.86. The van der Waals surface area contributed by atoms with Crippen molar-refractivity contribution < 1.29 is 24.1 Å². The average molecular weight is 229 g/mol. The van der Waals surface area contributed by atoms with Crippen molar-refractivity contribution in [2.45, 2.75) is 12.2 Å². The van der Waals surface area contributed by atoms with Crippen molar-refractivity contribution in [1.82, 2.24) is 0 Å². The summed E-state index contributed by atoms with van der Waals surface area (Å²) in [6, 6.07) is 3.93. The van der Waals surface area contributed by atoms with Crippen molar-refractivity contribution >= 4 is 11.7 Å². The fraction of sp³-hybridized carbons (Fsp3) is 0.300. The lowest BCUT2D eigenvalue weighted by atomic mass is 10.0. The molecule has 4 N–H and O–H groups in total. The number of ether oxygens (including phenoxy) is 1. The SMILES string of the molecule is COC(=O)C(O)C(O)c1cccc(N)c1F. The quantitative estimate of drug-likeness (QED) is 0.500. The topological polar surface area (TPSA) is 92.8 Å². The summed E-state index contributed by atoms with van der Waals surface area (Å²) in [7, 11) is 1.05. The van der Waals surface area contributed by atoms with Crippen molar-refractivity contribution in [2.24, 2.45) is 0 Å². The third-order valence-corrected chi connectivity index (χ3v) is 2.12. The molecule has 1 aromatic rings. The predicted molar refractivity (Wildman–Crippen MR) is 53.8 cm³/mol. The molecule has 0 bridgehead atoms. The third kappa shape index (κ3) is 2.29. The van der Waals surface area contributed by atoms with E-state index >= 15 is 0 Å². The van der Waals surface area contributed by atoms with Gasteiger partial charge < -0.3 is 20.7 Å². The Balaban J connectivity index is 3.00. The second-order valence-corrected chi connectivity index (χ2v) is 3.16. The van der Waals surface area contributed by atoms with Crippen molar-refractivity contribution in [1.29, 1.82) is 0 Å². The number of hydrogen-bond donors (Lipinski definition) is 3. The number of halogens is 1. The van der Waals surface area contributed by atoms with Gasteiger partial charge in [-0.25, -0.2) is 9.18 Å². The molecule has 1 rings (SSSR count). The first-order valence-corrected chi connectivity index (χ1v) is 4.47. The van der Waals surface area contributed by atoms with E-state index in [1.54, 1.807) is 0 Å². The molecule has 0 radical (unpaired) electrons. The van der Waals surface area contributed by atoms with Crippen LogP contribution in [0.2, 0.25) is 0 Å². The number of nitrogen functional groups attached to an aromatic ring is 1. The Hall–Kier alpha value is -1.66. The molecule has 0 heterocycles. The van der Waals surface area contributed by atoms with Gasteiger partial charge in [0.1, 0.15) is 6.10 Å². The van der Waals surface area contributed by atoms with Crippen LogP contribution in [0.15, 0.2) is 18.2 Å². The van der Waals surface area contributed by atoms with Gasteiger partial charge in [0.2, 0.25) is 0 Å². The van der Waals surface area contributed by atoms with E-state index in [1.165, 1.54) is 18.2 Å². The van der Waals surface area contributed by atoms with E-state index < -0.39 is 24.0 Å². The highest BCUT2D eigenvalue weighted by molar-refractivity contribution is 5.75. The Kier molecular flexibility index (Phi) is 3.81. The molecule has 0 saturated heterocycles. The molecule has 0 spiro atoms. The lowest BCUT2D eigenvalue weighted by molar-refractivity contribution is -0.156. The zero-order valence-electron chi connectivity index (χ0n) is 8.55. The van der Waals surface area contributed by atoms with Crippen LogP contribution in [0.25, 0.3) is 0 Å². The molecule has 6 heteroatoms. The van der Waals surface area contributed by atoms with E-state index in [0.29, 0.717) is 0 Å². The summed E-state index contributed by atoms with van der Waals surface area (Å²) in [6.45, 7) is 0. The number of methoxy groups -OCH3 is 1. The van der Waals surface area contributed by atoms with Crippen molar-refractivity contribution in [2.75, 3.05) is 12.8 Å². The fourth-order valence-electron chi connectivity index (χ4n) is 1.22. The molecule has 0 aromatic heterocycles. The minimum absolute atomic E-state index is 0.173. The standard InChI is InChI=1S/C10H12FNO4/c1-16-10(15)9(14)8(13)5-3-2-4-6(12)7(5)11/h2-4,8-9,13-14H,12H2,1H3.